The van der Waals surface area contributed by atoms with Crippen LogP contribution in [-0.2, 0) is 9.53 Å². The first kappa shape index (κ1) is 16.5. The number of ether oxygens (including phenoxy) is 1. The van der Waals surface area contributed by atoms with Gasteiger partial charge in [0.15, 0.2) is 0 Å². The van der Waals surface area contributed by atoms with Crippen molar-refractivity contribution in [3.63, 3.8) is 0 Å². The normalized spacial score (nSPS) is 19.9. The van der Waals surface area contributed by atoms with Gasteiger partial charge in [-0.15, -0.1) is 0 Å². The van der Waals surface area contributed by atoms with E-state index in [9.17, 15) is 14.7 Å². The van der Waals surface area contributed by atoms with Crippen LogP contribution >= 0.6 is 0 Å². The Morgan fingerprint density at radius 2 is 2.23 bits per heavy atom. The van der Waals surface area contributed by atoms with Gasteiger partial charge in [-0.25, -0.2) is 0 Å². The summed E-state index contributed by atoms with van der Waals surface area (Å²) in [6.45, 7) is 3.36. The van der Waals surface area contributed by atoms with Gasteiger partial charge < -0.3 is 24.6 Å². The lowest BCUT2D eigenvalue weighted by Crippen LogP contribution is -2.38. The van der Waals surface area contributed by atoms with Crippen LogP contribution in [0.2, 0.25) is 0 Å². The number of nitrogens with one attached hydrogen (secondary N) is 1. The summed E-state index contributed by atoms with van der Waals surface area (Å²) in [6, 6.07) is 3.47. The van der Waals surface area contributed by atoms with E-state index in [0.29, 0.717) is 31.9 Å². The van der Waals surface area contributed by atoms with Gasteiger partial charge in [0.25, 0.3) is 5.91 Å². The fourth-order valence-electron chi connectivity index (χ4n) is 2.69. The highest BCUT2D eigenvalue weighted by atomic mass is 16.5. The van der Waals surface area contributed by atoms with Gasteiger partial charge in [0.1, 0.15) is 5.69 Å². The molecule has 22 heavy (non-hydrogen) atoms. The van der Waals surface area contributed by atoms with E-state index in [1.165, 1.54) is 0 Å². The molecule has 1 aliphatic heterocycles. The minimum Gasteiger partial charge on any atom is -0.481 e. The zero-order valence-electron chi connectivity index (χ0n) is 12.8. The quantitative estimate of drug-likeness (QED) is 0.748. The smallest absolute Gasteiger partial charge is 0.309 e. The number of carboxylic acid groups (broad SMARTS) is 1. The highest BCUT2D eigenvalue weighted by Gasteiger charge is 2.30. The third-order valence-electron chi connectivity index (χ3n) is 3.89. The van der Waals surface area contributed by atoms with Crippen molar-refractivity contribution in [3.05, 3.63) is 24.0 Å². The summed E-state index contributed by atoms with van der Waals surface area (Å²) < 4.78 is 5.04. The Morgan fingerprint density at radius 1 is 1.41 bits per heavy atom. The molecule has 1 aromatic rings. The molecule has 0 unspecified atom stereocenters. The van der Waals surface area contributed by atoms with Crippen molar-refractivity contribution in [1.29, 1.82) is 0 Å². The first-order valence-electron chi connectivity index (χ1n) is 7.48. The molecule has 122 valence electrons. The third-order valence-corrected chi connectivity index (χ3v) is 3.89. The molecule has 1 aromatic heterocycles. The highest BCUT2D eigenvalue weighted by Crippen LogP contribution is 2.13. The number of aliphatic carboxylic acids is 1. The van der Waals surface area contributed by atoms with Gasteiger partial charge in [-0.2, -0.15) is 0 Å². The van der Waals surface area contributed by atoms with Gasteiger partial charge in [0, 0.05) is 52.6 Å². The summed E-state index contributed by atoms with van der Waals surface area (Å²) in [7, 11) is 1.65. The lowest BCUT2D eigenvalue weighted by Gasteiger charge is -2.21. The van der Waals surface area contributed by atoms with E-state index < -0.39 is 11.9 Å². The summed E-state index contributed by atoms with van der Waals surface area (Å²) >= 11 is 0. The number of methoxy groups -OCH3 is 1. The molecule has 7 nitrogen and oxygen atoms in total. The van der Waals surface area contributed by atoms with E-state index in [2.05, 4.69) is 9.88 Å². The van der Waals surface area contributed by atoms with Gasteiger partial charge in [-0.3, -0.25) is 9.59 Å². The average molecular weight is 309 g/mol. The Labute approximate surface area is 129 Å². The van der Waals surface area contributed by atoms with E-state index >= 15 is 0 Å². The standard InChI is InChI=1S/C15H23N3O4/c1-22-9-3-6-17-7-8-18(11-12(10-17)15(20)21)14(19)13-4-2-5-16-13/h2,4-5,12,16H,3,6-11H2,1H3,(H,20,21)/t12-/m1/s1. The van der Waals surface area contributed by atoms with E-state index in [4.69, 9.17) is 4.74 Å². The van der Waals surface area contributed by atoms with Crippen LogP contribution in [0.3, 0.4) is 0 Å². The summed E-state index contributed by atoms with van der Waals surface area (Å²) in [4.78, 5) is 30.5. The largest absolute Gasteiger partial charge is 0.481 e. The molecule has 1 amide bonds. The van der Waals surface area contributed by atoms with Crippen LogP contribution in [0.15, 0.2) is 18.3 Å². The van der Waals surface area contributed by atoms with Crippen molar-refractivity contribution in [3.8, 4) is 0 Å². The number of carbonyl (C=O) groups excluding carboxylic acids is 1. The summed E-state index contributed by atoms with van der Waals surface area (Å²) in [5, 5.41) is 9.39. The predicted octanol–water partition coefficient (Wildman–Crippen LogP) is 0.510. The van der Waals surface area contributed by atoms with Gasteiger partial charge in [0.2, 0.25) is 0 Å². The summed E-state index contributed by atoms with van der Waals surface area (Å²) in [6.07, 6.45) is 2.55. The molecule has 0 saturated carbocycles. The molecule has 1 aliphatic rings. The molecule has 2 rings (SSSR count). The Kier molecular flexibility index (Phi) is 5.97. The molecule has 0 aromatic carbocycles. The Hall–Kier alpha value is -1.86. The molecule has 1 atom stereocenters. The number of aromatic nitrogens is 1. The zero-order valence-corrected chi connectivity index (χ0v) is 12.8. The maximum atomic E-state index is 12.4. The lowest BCUT2D eigenvalue weighted by atomic mass is 10.1. The molecular formula is C15H23N3O4. The van der Waals surface area contributed by atoms with Crippen LogP contribution in [0.4, 0.5) is 0 Å². The molecule has 0 aliphatic carbocycles. The minimum atomic E-state index is -0.858. The molecule has 1 saturated heterocycles. The van der Waals surface area contributed by atoms with Crippen LogP contribution in [0, 0.1) is 5.92 Å². The number of rotatable bonds is 6. The number of carbonyl (C=O) groups is 2. The van der Waals surface area contributed by atoms with Crippen molar-refractivity contribution in [1.82, 2.24) is 14.8 Å². The van der Waals surface area contributed by atoms with Crippen molar-refractivity contribution < 1.29 is 19.4 Å². The molecule has 1 fully saturated rings. The number of amides is 1. The molecule has 0 spiro atoms. The second-order valence-electron chi connectivity index (χ2n) is 5.52. The minimum absolute atomic E-state index is 0.144. The number of carboxylic acids is 1. The molecule has 7 heteroatoms. The van der Waals surface area contributed by atoms with E-state index in [0.717, 1.165) is 13.0 Å². The number of hydrogen-bond acceptors (Lipinski definition) is 4. The van der Waals surface area contributed by atoms with Crippen LogP contribution in [0.5, 0.6) is 0 Å². The SMILES string of the molecule is COCCCN1CCN(C(=O)c2ccc[nH]2)C[C@H](C(=O)O)C1. The van der Waals surface area contributed by atoms with Gasteiger partial charge in [-0.05, 0) is 18.6 Å². The fourth-order valence-corrected chi connectivity index (χ4v) is 2.69. The topological polar surface area (TPSA) is 85.9 Å². The van der Waals surface area contributed by atoms with Crippen molar-refractivity contribution >= 4 is 11.9 Å². The molecule has 2 N–H and O–H groups in total. The Balaban J connectivity index is 2.01. The highest BCUT2D eigenvalue weighted by molar-refractivity contribution is 5.92. The first-order valence-corrected chi connectivity index (χ1v) is 7.48. The number of hydrogen-bond donors (Lipinski definition) is 2. The average Bonchev–Trinajstić information content (AvgIpc) is 2.94. The third kappa shape index (κ3) is 4.32. The maximum absolute atomic E-state index is 12.4. The second kappa shape index (κ2) is 7.95. The Bertz CT molecular complexity index is 489. The molecular weight excluding hydrogens is 286 g/mol. The van der Waals surface area contributed by atoms with E-state index in [-0.39, 0.29) is 12.5 Å². The Morgan fingerprint density at radius 3 is 2.86 bits per heavy atom. The lowest BCUT2D eigenvalue weighted by molar-refractivity contribution is -0.142. The van der Waals surface area contributed by atoms with Gasteiger partial charge in [-0.1, -0.05) is 0 Å². The maximum Gasteiger partial charge on any atom is 0.309 e. The monoisotopic (exact) mass is 309 g/mol. The number of aromatic amines is 1. The van der Waals surface area contributed by atoms with E-state index in [1.54, 1.807) is 30.3 Å². The van der Waals surface area contributed by atoms with Crippen LogP contribution in [0.1, 0.15) is 16.9 Å². The summed E-state index contributed by atoms with van der Waals surface area (Å²) in [5.41, 5.74) is 0.497. The zero-order chi connectivity index (χ0) is 15.9. The van der Waals surface area contributed by atoms with Crippen LogP contribution < -0.4 is 0 Å². The fraction of sp³-hybridized carbons (Fsp3) is 0.600. The molecule has 0 bridgehead atoms. The van der Waals surface area contributed by atoms with Crippen molar-refractivity contribution in [2.45, 2.75) is 6.42 Å². The number of H-pyrrole nitrogens is 1. The second-order valence-corrected chi connectivity index (χ2v) is 5.52. The first-order chi connectivity index (χ1) is 10.6. The van der Waals surface area contributed by atoms with Crippen LogP contribution in [0.25, 0.3) is 0 Å². The molecule has 0 radical (unpaired) electrons. The van der Waals surface area contributed by atoms with Gasteiger partial charge >= 0.3 is 5.97 Å². The van der Waals surface area contributed by atoms with Gasteiger partial charge in [0.05, 0.1) is 5.92 Å². The number of nitrogens with zero attached hydrogens (tertiary/aromatic N) is 2. The summed E-state index contributed by atoms with van der Waals surface area (Å²) in [5.74, 6) is -1.57. The predicted molar refractivity (Wildman–Crippen MR) is 80.8 cm³/mol. The van der Waals surface area contributed by atoms with Crippen molar-refractivity contribution in [2.24, 2.45) is 5.92 Å². The molecule has 2 heterocycles. The van der Waals surface area contributed by atoms with Crippen molar-refractivity contribution in [2.75, 3.05) is 46.4 Å². The van der Waals surface area contributed by atoms with E-state index in [1.807, 2.05) is 0 Å². The van der Waals surface area contributed by atoms with Crippen LogP contribution in [-0.4, -0.2) is 78.2 Å².